The quantitative estimate of drug-likeness (QED) is 0.394. The molecule has 25 heavy (non-hydrogen) atoms. The molecular formula is C22H15BrO2. The van der Waals surface area contributed by atoms with Gasteiger partial charge < -0.3 is 4.74 Å². The lowest BCUT2D eigenvalue weighted by Crippen LogP contribution is -2.06. The number of benzene rings is 4. The first-order valence-corrected chi connectivity index (χ1v) is 8.84. The Labute approximate surface area is 154 Å². The van der Waals surface area contributed by atoms with E-state index in [-0.39, 0.29) is 12.6 Å². The minimum atomic E-state index is -0.328. The Morgan fingerprint density at radius 1 is 0.800 bits per heavy atom. The van der Waals surface area contributed by atoms with Crippen LogP contribution in [0.25, 0.3) is 21.5 Å². The second kappa shape index (κ2) is 6.69. The summed E-state index contributed by atoms with van der Waals surface area (Å²) in [6, 6.07) is 25.9. The summed E-state index contributed by atoms with van der Waals surface area (Å²) in [5.74, 6) is -0.328. The van der Waals surface area contributed by atoms with E-state index in [0.29, 0.717) is 5.56 Å². The maximum absolute atomic E-state index is 12.5. The molecule has 0 saturated heterocycles. The van der Waals surface area contributed by atoms with Gasteiger partial charge in [0.15, 0.2) is 0 Å². The molecule has 0 unspecified atom stereocenters. The van der Waals surface area contributed by atoms with Crippen LogP contribution >= 0.6 is 15.9 Å². The summed E-state index contributed by atoms with van der Waals surface area (Å²) in [6.07, 6.45) is 0. The van der Waals surface area contributed by atoms with E-state index in [9.17, 15) is 4.79 Å². The fourth-order valence-electron chi connectivity index (χ4n) is 2.95. The van der Waals surface area contributed by atoms with E-state index in [1.807, 2.05) is 54.6 Å². The molecule has 2 nitrogen and oxygen atoms in total. The molecular weight excluding hydrogens is 376 g/mol. The molecule has 0 aliphatic heterocycles. The fraction of sp³-hybridized carbons (Fsp3) is 0.0455. The van der Waals surface area contributed by atoms with Crippen molar-refractivity contribution in [3.05, 3.63) is 94.5 Å². The van der Waals surface area contributed by atoms with Crippen molar-refractivity contribution in [1.29, 1.82) is 0 Å². The highest BCUT2D eigenvalue weighted by Crippen LogP contribution is 2.28. The number of esters is 1. The molecule has 3 heteroatoms. The Morgan fingerprint density at radius 3 is 2.32 bits per heavy atom. The Kier molecular flexibility index (Phi) is 4.24. The van der Waals surface area contributed by atoms with Gasteiger partial charge in [-0.05, 0) is 55.2 Å². The smallest absolute Gasteiger partial charge is 0.339 e. The molecule has 0 heterocycles. The van der Waals surface area contributed by atoms with E-state index in [2.05, 4.69) is 34.1 Å². The summed E-state index contributed by atoms with van der Waals surface area (Å²) >= 11 is 3.54. The van der Waals surface area contributed by atoms with Gasteiger partial charge in [-0.15, -0.1) is 0 Å². The molecule has 0 amide bonds. The van der Waals surface area contributed by atoms with Crippen molar-refractivity contribution in [3.63, 3.8) is 0 Å². The van der Waals surface area contributed by atoms with Crippen LogP contribution in [0.2, 0.25) is 0 Å². The molecule has 0 aliphatic carbocycles. The van der Waals surface area contributed by atoms with Gasteiger partial charge >= 0.3 is 5.97 Å². The van der Waals surface area contributed by atoms with Crippen molar-refractivity contribution in [2.24, 2.45) is 0 Å². The zero-order chi connectivity index (χ0) is 17.2. The lowest BCUT2D eigenvalue weighted by molar-refractivity contribution is 0.0472. The van der Waals surface area contributed by atoms with Gasteiger partial charge in [0, 0.05) is 4.47 Å². The van der Waals surface area contributed by atoms with Crippen molar-refractivity contribution in [2.75, 3.05) is 0 Å². The molecule has 0 atom stereocenters. The molecule has 4 aromatic carbocycles. The minimum Gasteiger partial charge on any atom is -0.457 e. The molecule has 122 valence electrons. The number of rotatable bonds is 3. The Morgan fingerprint density at radius 2 is 1.48 bits per heavy atom. The number of halogens is 1. The molecule has 4 aromatic rings. The van der Waals surface area contributed by atoms with E-state index in [0.717, 1.165) is 26.2 Å². The van der Waals surface area contributed by atoms with Crippen molar-refractivity contribution < 1.29 is 9.53 Å². The van der Waals surface area contributed by atoms with Crippen LogP contribution in [0.5, 0.6) is 0 Å². The topological polar surface area (TPSA) is 26.3 Å². The molecule has 0 aliphatic rings. The van der Waals surface area contributed by atoms with Crippen molar-refractivity contribution >= 4 is 43.4 Å². The maximum atomic E-state index is 12.5. The third kappa shape index (κ3) is 3.15. The summed E-state index contributed by atoms with van der Waals surface area (Å²) in [4.78, 5) is 12.5. The number of carbonyl (C=O) groups is 1. The lowest BCUT2D eigenvalue weighted by Gasteiger charge is -2.09. The van der Waals surface area contributed by atoms with Crippen LogP contribution in [0.3, 0.4) is 0 Å². The molecule has 0 bridgehead atoms. The van der Waals surface area contributed by atoms with Crippen LogP contribution < -0.4 is 0 Å². The monoisotopic (exact) mass is 390 g/mol. The van der Waals surface area contributed by atoms with Crippen LogP contribution in [-0.2, 0) is 11.3 Å². The van der Waals surface area contributed by atoms with Gasteiger partial charge in [-0.1, -0.05) is 66.7 Å². The van der Waals surface area contributed by atoms with Crippen LogP contribution in [0, 0.1) is 0 Å². The minimum absolute atomic E-state index is 0.253. The predicted molar refractivity (Wildman–Crippen MR) is 105 cm³/mol. The molecule has 0 fully saturated rings. The average Bonchev–Trinajstić information content (AvgIpc) is 2.66. The van der Waals surface area contributed by atoms with Gasteiger partial charge in [-0.3, -0.25) is 0 Å². The lowest BCUT2D eigenvalue weighted by atomic mass is 10.1. The van der Waals surface area contributed by atoms with Crippen LogP contribution in [0.1, 0.15) is 15.9 Å². The third-order valence-corrected chi connectivity index (χ3v) is 5.12. The Hall–Kier alpha value is -2.65. The van der Waals surface area contributed by atoms with Crippen LogP contribution in [0.15, 0.2) is 83.3 Å². The van der Waals surface area contributed by atoms with Gasteiger partial charge in [0.25, 0.3) is 0 Å². The molecule has 0 radical (unpaired) electrons. The maximum Gasteiger partial charge on any atom is 0.339 e. The predicted octanol–water partition coefficient (Wildman–Crippen LogP) is 6.11. The summed E-state index contributed by atoms with van der Waals surface area (Å²) < 4.78 is 6.30. The zero-order valence-electron chi connectivity index (χ0n) is 13.4. The van der Waals surface area contributed by atoms with Crippen molar-refractivity contribution in [1.82, 2.24) is 0 Å². The van der Waals surface area contributed by atoms with E-state index < -0.39 is 0 Å². The Balaban J connectivity index is 1.56. The number of hydrogen-bond acceptors (Lipinski definition) is 2. The van der Waals surface area contributed by atoms with Gasteiger partial charge in [0.05, 0.1) is 5.56 Å². The van der Waals surface area contributed by atoms with Gasteiger partial charge in [0.1, 0.15) is 6.61 Å². The average molecular weight is 391 g/mol. The van der Waals surface area contributed by atoms with Crippen LogP contribution in [0.4, 0.5) is 0 Å². The van der Waals surface area contributed by atoms with Crippen molar-refractivity contribution in [2.45, 2.75) is 6.61 Å². The second-order valence-corrected chi connectivity index (χ2v) is 6.70. The number of carbonyl (C=O) groups excluding carboxylic acids is 1. The third-order valence-electron chi connectivity index (χ3n) is 4.27. The first-order valence-electron chi connectivity index (χ1n) is 8.04. The Bertz CT molecular complexity index is 1090. The van der Waals surface area contributed by atoms with E-state index in [1.165, 1.54) is 5.39 Å². The normalized spacial score (nSPS) is 10.9. The molecule has 0 aromatic heterocycles. The summed E-state index contributed by atoms with van der Waals surface area (Å²) in [5, 5.41) is 4.40. The number of fused-ring (bicyclic) bond motifs is 2. The molecule has 0 spiro atoms. The molecule has 4 rings (SSSR count). The highest BCUT2D eigenvalue weighted by atomic mass is 79.9. The molecule has 0 N–H and O–H groups in total. The van der Waals surface area contributed by atoms with Crippen molar-refractivity contribution in [3.8, 4) is 0 Å². The van der Waals surface area contributed by atoms with Gasteiger partial charge in [-0.2, -0.15) is 0 Å². The molecule has 0 saturated carbocycles. The highest BCUT2D eigenvalue weighted by molar-refractivity contribution is 9.10. The van der Waals surface area contributed by atoms with Gasteiger partial charge in [-0.25, -0.2) is 4.79 Å². The second-order valence-electron chi connectivity index (χ2n) is 5.91. The summed E-state index contributed by atoms with van der Waals surface area (Å²) in [5.41, 5.74) is 1.52. The van der Waals surface area contributed by atoms with E-state index >= 15 is 0 Å². The summed E-state index contributed by atoms with van der Waals surface area (Å²) in [6.45, 7) is 0.253. The van der Waals surface area contributed by atoms with E-state index in [1.54, 1.807) is 6.07 Å². The largest absolute Gasteiger partial charge is 0.457 e. The highest BCUT2D eigenvalue weighted by Gasteiger charge is 2.14. The zero-order valence-corrected chi connectivity index (χ0v) is 15.0. The summed E-state index contributed by atoms with van der Waals surface area (Å²) in [7, 11) is 0. The van der Waals surface area contributed by atoms with E-state index in [4.69, 9.17) is 4.74 Å². The fourth-order valence-corrected chi connectivity index (χ4v) is 3.60. The standard InChI is InChI=1S/C22H15BrO2/c23-21-19-8-4-3-6-17(19)11-12-20(21)22(24)25-14-15-9-10-16-5-1-2-7-18(16)13-15/h1-13H,14H2. The SMILES string of the molecule is O=C(OCc1ccc2ccccc2c1)c1ccc2ccccc2c1Br. The number of hydrogen-bond donors (Lipinski definition) is 0. The number of ether oxygens (including phenoxy) is 1. The first-order chi connectivity index (χ1) is 12.2. The van der Waals surface area contributed by atoms with Gasteiger partial charge in [0.2, 0.25) is 0 Å². The van der Waals surface area contributed by atoms with Crippen LogP contribution in [-0.4, -0.2) is 5.97 Å². The first kappa shape index (κ1) is 15.9.